The van der Waals surface area contributed by atoms with Gasteiger partial charge in [0, 0.05) is 32.7 Å². The van der Waals surface area contributed by atoms with Crippen molar-refractivity contribution in [2.75, 3.05) is 39.4 Å². The van der Waals surface area contributed by atoms with E-state index in [9.17, 15) is 14.7 Å². The molecule has 6 heteroatoms. The molecule has 2 aliphatic rings. The van der Waals surface area contributed by atoms with E-state index >= 15 is 0 Å². The summed E-state index contributed by atoms with van der Waals surface area (Å²) in [6.45, 7) is 6.17. The minimum Gasteiger partial charge on any atom is -0.481 e. The summed E-state index contributed by atoms with van der Waals surface area (Å²) in [6, 6.07) is 8.23. The summed E-state index contributed by atoms with van der Waals surface area (Å²) in [5, 5.41) is 9.50. The minimum atomic E-state index is -0.811. The minimum absolute atomic E-state index is 0.0727. The predicted octanol–water partition coefficient (Wildman–Crippen LogP) is 1.38. The summed E-state index contributed by atoms with van der Waals surface area (Å²) in [5.74, 6) is -1.48. The Morgan fingerprint density at radius 3 is 2.60 bits per heavy atom. The van der Waals surface area contributed by atoms with Gasteiger partial charge in [0.25, 0.3) is 0 Å². The van der Waals surface area contributed by atoms with Gasteiger partial charge in [0.05, 0.1) is 25.0 Å². The third-order valence-electron chi connectivity index (χ3n) is 5.04. The summed E-state index contributed by atoms with van der Waals surface area (Å²) in [4.78, 5) is 28.3. The average molecular weight is 346 g/mol. The summed E-state index contributed by atoms with van der Waals surface area (Å²) in [6.07, 6.45) is 0.426. The second-order valence-electron chi connectivity index (χ2n) is 7.09. The van der Waals surface area contributed by atoms with Crippen LogP contribution in [-0.2, 0) is 20.9 Å². The van der Waals surface area contributed by atoms with Gasteiger partial charge in [-0.2, -0.15) is 0 Å². The van der Waals surface area contributed by atoms with Gasteiger partial charge in [0.2, 0.25) is 5.91 Å². The number of likely N-dealkylation sites (tertiary alicyclic amines) is 1. The molecule has 0 spiro atoms. The molecule has 25 heavy (non-hydrogen) atoms. The molecule has 2 saturated heterocycles. The van der Waals surface area contributed by atoms with Gasteiger partial charge in [-0.3, -0.25) is 14.5 Å². The quantitative estimate of drug-likeness (QED) is 0.892. The third kappa shape index (κ3) is 4.58. The average Bonchev–Trinajstić information content (AvgIpc) is 2.61. The molecule has 136 valence electrons. The molecular weight excluding hydrogens is 320 g/mol. The lowest BCUT2D eigenvalue weighted by Crippen LogP contribution is -2.51. The number of aliphatic carboxylic acids is 1. The Morgan fingerprint density at radius 1 is 1.20 bits per heavy atom. The van der Waals surface area contributed by atoms with Gasteiger partial charge in [-0.05, 0) is 18.9 Å². The van der Waals surface area contributed by atoms with Crippen molar-refractivity contribution in [3.05, 3.63) is 35.4 Å². The molecule has 2 atom stereocenters. The van der Waals surface area contributed by atoms with E-state index in [-0.39, 0.29) is 11.8 Å². The van der Waals surface area contributed by atoms with Crippen LogP contribution in [-0.4, -0.2) is 66.2 Å². The topological polar surface area (TPSA) is 70.1 Å². The Balaban J connectivity index is 1.70. The van der Waals surface area contributed by atoms with E-state index in [0.717, 1.165) is 5.56 Å². The number of nitrogens with zero attached hydrogens (tertiary/aromatic N) is 2. The summed E-state index contributed by atoms with van der Waals surface area (Å²) in [7, 11) is 0. The molecule has 0 aromatic heterocycles. The lowest BCUT2D eigenvalue weighted by Gasteiger charge is -2.38. The number of hydrogen-bond donors (Lipinski definition) is 1. The first kappa shape index (κ1) is 17.9. The monoisotopic (exact) mass is 346 g/mol. The van der Waals surface area contributed by atoms with Crippen LogP contribution in [0.2, 0.25) is 0 Å². The van der Waals surface area contributed by atoms with Gasteiger partial charge in [-0.1, -0.05) is 29.8 Å². The first-order valence-electron chi connectivity index (χ1n) is 8.90. The summed E-state index contributed by atoms with van der Waals surface area (Å²) in [5.41, 5.74) is 2.34. The fraction of sp³-hybridized carbons (Fsp3) is 0.579. The van der Waals surface area contributed by atoms with Gasteiger partial charge in [-0.15, -0.1) is 0 Å². The second-order valence-corrected chi connectivity index (χ2v) is 7.09. The molecular formula is C19H26N2O4. The van der Waals surface area contributed by atoms with Crippen molar-refractivity contribution in [3.8, 4) is 0 Å². The van der Waals surface area contributed by atoms with Crippen LogP contribution in [0, 0.1) is 18.8 Å². The van der Waals surface area contributed by atoms with Crippen molar-refractivity contribution < 1.29 is 19.4 Å². The van der Waals surface area contributed by atoms with E-state index in [2.05, 4.69) is 17.0 Å². The molecule has 3 rings (SSSR count). The van der Waals surface area contributed by atoms with Gasteiger partial charge in [0.15, 0.2) is 0 Å². The van der Waals surface area contributed by atoms with Crippen molar-refractivity contribution in [3.63, 3.8) is 0 Å². The molecule has 2 aliphatic heterocycles. The maximum absolute atomic E-state index is 12.8. The fourth-order valence-corrected chi connectivity index (χ4v) is 3.79. The number of aryl methyl sites for hydroxylation is 1. The molecule has 0 radical (unpaired) electrons. The largest absolute Gasteiger partial charge is 0.481 e. The molecule has 1 aromatic carbocycles. The maximum atomic E-state index is 12.8. The van der Waals surface area contributed by atoms with E-state index in [1.165, 1.54) is 5.56 Å². The van der Waals surface area contributed by atoms with Crippen LogP contribution in [0.5, 0.6) is 0 Å². The number of ether oxygens (including phenoxy) is 1. The Kier molecular flexibility index (Phi) is 5.71. The number of carboxylic acids is 1. The van der Waals surface area contributed by atoms with E-state index < -0.39 is 11.9 Å². The zero-order chi connectivity index (χ0) is 17.8. The zero-order valence-corrected chi connectivity index (χ0v) is 14.7. The molecule has 0 bridgehead atoms. The highest BCUT2D eigenvalue weighted by atomic mass is 16.5. The van der Waals surface area contributed by atoms with E-state index in [1.807, 2.05) is 24.0 Å². The molecule has 0 unspecified atom stereocenters. The van der Waals surface area contributed by atoms with Crippen molar-refractivity contribution in [1.29, 1.82) is 0 Å². The SMILES string of the molecule is Cc1cccc(CN2C[C@@H](C(=O)O)C[C@@H](C(=O)N3CCOCC3)C2)c1. The van der Waals surface area contributed by atoms with Gasteiger partial charge >= 0.3 is 5.97 Å². The molecule has 1 aromatic rings. The smallest absolute Gasteiger partial charge is 0.307 e. The highest BCUT2D eigenvalue weighted by Crippen LogP contribution is 2.26. The van der Waals surface area contributed by atoms with Crippen LogP contribution in [0.4, 0.5) is 0 Å². The van der Waals surface area contributed by atoms with E-state index in [1.54, 1.807) is 0 Å². The number of rotatable bonds is 4. The number of carbonyl (C=O) groups is 2. The van der Waals surface area contributed by atoms with Crippen LogP contribution in [0.1, 0.15) is 17.5 Å². The number of carboxylic acid groups (broad SMARTS) is 1. The molecule has 6 nitrogen and oxygen atoms in total. The van der Waals surface area contributed by atoms with Crippen LogP contribution in [0.25, 0.3) is 0 Å². The molecule has 1 N–H and O–H groups in total. The van der Waals surface area contributed by atoms with Gasteiger partial charge in [0.1, 0.15) is 0 Å². The van der Waals surface area contributed by atoms with E-state index in [4.69, 9.17) is 4.74 Å². The normalized spacial score (nSPS) is 24.9. The van der Waals surface area contributed by atoms with Crippen molar-refractivity contribution in [2.24, 2.45) is 11.8 Å². The molecule has 2 fully saturated rings. The Labute approximate surface area is 148 Å². The van der Waals surface area contributed by atoms with E-state index in [0.29, 0.717) is 52.4 Å². The highest BCUT2D eigenvalue weighted by molar-refractivity contribution is 5.80. The number of benzene rings is 1. The van der Waals surface area contributed by atoms with Crippen LogP contribution in [0.15, 0.2) is 24.3 Å². The number of morpholine rings is 1. The highest BCUT2D eigenvalue weighted by Gasteiger charge is 2.37. The van der Waals surface area contributed by atoms with Gasteiger partial charge in [-0.25, -0.2) is 0 Å². The fourth-order valence-electron chi connectivity index (χ4n) is 3.79. The van der Waals surface area contributed by atoms with Crippen molar-refractivity contribution in [2.45, 2.75) is 19.9 Å². The first-order valence-corrected chi connectivity index (χ1v) is 8.90. The zero-order valence-electron chi connectivity index (χ0n) is 14.7. The van der Waals surface area contributed by atoms with Crippen molar-refractivity contribution in [1.82, 2.24) is 9.80 Å². The van der Waals surface area contributed by atoms with Crippen molar-refractivity contribution >= 4 is 11.9 Å². The Bertz CT molecular complexity index is 628. The Morgan fingerprint density at radius 2 is 1.92 bits per heavy atom. The standard InChI is InChI=1S/C19H26N2O4/c1-14-3-2-4-15(9-14)11-20-12-16(10-17(13-20)19(23)24)18(22)21-5-7-25-8-6-21/h2-4,9,16-17H,5-8,10-13H2,1H3,(H,23,24)/t16-,17+/m1/s1. The molecule has 1 amide bonds. The maximum Gasteiger partial charge on any atom is 0.307 e. The number of amides is 1. The summed E-state index contributed by atoms with van der Waals surface area (Å²) < 4.78 is 5.31. The van der Waals surface area contributed by atoms with Crippen LogP contribution < -0.4 is 0 Å². The number of carbonyl (C=O) groups excluding carboxylic acids is 1. The Hall–Kier alpha value is -1.92. The molecule has 2 heterocycles. The third-order valence-corrected chi connectivity index (χ3v) is 5.04. The first-order chi connectivity index (χ1) is 12.0. The molecule has 0 saturated carbocycles. The lowest BCUT2D eigenvalue weighted by atomic mass is 9.87. The van der Waals surface area contributed by atoms with Crippen LogP contribution in [0.3, 0.4) is 0 Å². The number of hydrogen-bond acceptors (Lipinski definition) is 4. The number of piperidine rings is 1. The van der Waals surface area contributed by atoms with Crippen LogP contribution >= 0.6 is 0 Å². The predicted molar refractivity (Wildman–Crippen MR) is 93.1 cm³/mol. The molecule has 0 aliphatic carbocycles. The second kappa shape index (κ2) is 7.97. The lowest BCUT2D eigenvalue weighted by molar-refractivity contribution is -0.149. The van der Waals surface area contributed by atoms with Gasteiger partial charge < -0.3 is 14.7 Å². The summed E-state index contributed by atoms with van der Waals surface area (Å²) >= 11 is 0.